The van der Waals surface area contributed by atoms with Crippen molar-refractivity contribution < 1.29 is 4.79 Å². The average Bonchev–Trinajstić information content (AvgIpc) is 3.24. The molecular formula is C24H40N2O. The summed E-state index contributed by atoms with van der Waals surface area (Å²) < 4.78 is 0. The van der Waals surface area contributed by atoms with Crippen molar-refractivity contribution in [1.29, 1.82) is 0 Å². The first-order chi connectivity index (χ1) is 13.0. The maximum absolute atomic E-state index is 12.6. The van der Waals surface area contributed by atoms with Gasteiger partial charge in [0.1, 0.15) is 0 Å². The van der Waals surface area contributed by atoms with Gasteiger partial charge in [0.05, 0.1) is 0 Å². The third-order valence-corrected chi connectivity index (χ3v) is 7.04. The summed E-state index contributed by atoms with van der Waals surface area (Å²) in [6, 6.07) is 1.86. The molecule has 1 amide bonds. The second kappa shape index (κ2) is 9.41. The molecule has 2 saturated heterocycles. The molecule has 2 aliphatic heterocycles. The van der Waals surface area contributed by atoms with Crippen molar-refractivity contribution in [3.8, 4) is 0 Å². The van der Waals surface area contributed by atoms with E-state index in [0.29, 0.717) is 30.3 Å². The Kier molecular flexibility index (Phi) is 7.19. The minimum absolute atomic E-state index is 0.392. The summed E-state index contributed by atoms with van der Waals surface area (Å²) in [6.07, 6.45) is 16.5. The lowest BCUT2D eigenvalue weighted by Crippen LogP contribution is -2.44. The van der Waals surface area contributed by atoms with Crippen molar-refractivity contribution in [2.24, 2.45) is 11.8 Å². The third kappa shape index (κ3) is 4.67. The first-order valence-electron chi connectivity index (χ1n) is 11.4. The van der Waals surface area contributed by atoms with Gasteiger partial charge in [-0.3, -0.25) is 9.69 Å². The number of nitrogens with zero attached hydrogens (tertiary/aromatic N) is 2. The van der Waals surface area contributed by atoms with Gasteiger partial charge in [0, 0.05) is 37.6 Å². The van der Waals surface area contributed by atoms with Gasteiger partial charge in [0.15, 0.2) is 0 Å². The van der Waals surface area contributed by atoms with Crippen LogP contribution in [-0.4, -0.2) is 46.9 Å². The fraction of sp³-hybridized carbons (Fsp3) is 0.792. The average molecular weight is 373 g/mol. The molecule has 1 saturated carbocycles. The lowest BCUT2D eigenvalue weighted by atomic mass is 9.80. The number of carbonyl (C=O) groups excluding carboxylic acids is 1. The molecule has 3 aliphatic rings. The van der Waals surface area contributed by atoms with Gasteiger partial charge in [0.25, 0.3) is 0 Å². The Labute approximate surface area is 166 Å². The summed E-state index contributed by atoms with van der Waals surface area (Å²) in [5.74, 6) is 1.61. The molecule has 3 rings (SSSR count). The summed E-state index contributed by atoms with van der Waals surface area (Å²) in [4.78, 5) is 17.6. The summed E-state index contributed by atoms with van der Waals surface area (Å²) >= 11 is 0. The largest absolute Gasteiger partial charge is 0.338 e. The highest BCUT2D eigenvalue weighted by molar-refractivity contribution is 5.77. The number of likely N-dealkylation sites (tertiary alicyclic amines) is 2. The fourth-order valence-corrected chi connectivity index (χ4v) is 5.71. The smallest absolute Gasteiger partial charge is 0.223 e. The minimum atomic E-state index is 0.392. The van der Waals surface area contributed by atoms with Crippen molar-refractivity contribution >= 4 is 5.91 Å². The molecule has 3 heteroatoms. The Bertz CT molecular complexity index is 557. The molecule has 3 fully saturated rings. The predicted octanol–water partition coefficient (Wildman–Crippen LogP) is 5.18. The first-order valence-corrected chi connectivity index (χ1v) is 11.4. The number of carbonyl (C=O) groups is 1. The summed E-state index contributed by atoms with van der Waals surface area (Å²) in [5, 5.41) is 0. The molecule has 1 aliphatic carbocycles. The zero-order chi connectivity index (χ0) is 19.4. The van der Waals surface area contributed by atoms with Crippen molar-refractivity contribution in [1.82, 2.24) is 9.80 Å². The van der Waals surface area contributed by atoms with E-state index in [9.17, 15) is 4.79 Å². The van der Waals surface area contributed by atoms with Crippen LogP contribution in [0.15, 0.2) is 23.8 Å². The molecule has 2 atom stereocenters. The van der Waals surface area contributed by atoms with Gasteiger partial charge in [-0.25, -0.2) is 0 Å². The normalized spacial score (nSPS) is 32.6. The zero-order valence-electron chi connectivity index (χ0n) is 18.0. The van der Waals surface area contributed by atoms with E-state index in [-0.39, 0.29) is 0 Å². The van der Waals surface area contributed by atoms with Gasteiger partial charge in [0.2, 0.25) is 5.91 Å². The molecule has 152 valence electrons. The van der Waals surface area contributed by atoms with Gasteiger partial charge in [-0.2, -0.15) is 0 Å². The standard InChI is InChI=1S/C24H40N2O/c1-5-7-8-19(6-2)20-9-11-21(12-10-20)25-15-13-23-22(25)14-16-26(23)24(27)17-18(3)4/h6-8,18,20-23H,5,9-17H2,1-4H3/b8-7-,19-6+. The van der Waals surface area contributed by atoms with E-state index in [2.05, 4.69) is 55.7 Å². The maximum atomic E-state index is 12.6. The monoisotopic (exact) mass is 372 g/mol. The van der Waals surface area contributed by atoms with Crippen LogP contribution in [0.3, 0.4) is 0 Å². The van der Waals surface area contributed by atoms with Crippen LogP contribution in [0.25, 0.3) is 0 Å². The number of amides is 1. The van der Waals surface area contributed by atoms with E-state index in [0.717, 1.165) is 24.9 Å². The van der Waals surface area contributed by atoms with E-state index >= 15 is 0 Å². The summed E-state index contributed by atoms with van der Waals surface area (Å²) in [7, 11) is 0. The van der Waals surface area contributed by atoms with E-state index in [1.807, 2.05) is 0 Å². The van der Waals surface area contributed by atoms with Gasteiger partial charge in [-0.1, -0.05) is 39.0 Å². The van der Waals surface area contributed by atoms with Gasteiger partial charge < -0.3 is 4.90 Å². The SMILES string of the molecule is C/C=C(\C=C/CC)C1CCC(N2CCC3C2CCN3C(=O)CC(C)C)CC1. The molecule has 0 aromatic heterocycles. The Morgan fingerprint density at radius 2 is 1.74 bits per heavy atom. The molecule has 0 bridgehead atoms. The number of hydrogen-bond acceptors (Lipinski definition) is 2. The first kappa shape index (κ1) is 20.6. The van der Waals surface area contributed by atoms with Gasteiger partial charge in [-0.05, 0) is 69.3 Å². The topological polar surface area (TPSA) is 23.6 Å². The van der Waals surface area contributed by atoms with Crippen LogP contribution in [0.2, 0.25) is 0 Å². The van der Waals surface area contributed by atoms with Gasteiger partial charge >= 0.3 is 0 Å². The van der Waals surface area contributed by atoms with E-state index in [1.54, 1.807) is 5.57 Å². The van der Waals surface area contributed by atoms with Crippen LogP contribution in [0.1, 0.15) is 79.1 Å². The third-order valence-electron chi connectivity index (χ3n) is 7.04. The molecule has 27 heavy (non-hydrogen) atoms. The van der Waals surface area contributed by atoms with Crippen molar-refractivity contribution in [3.05, 3.63) is 23.8 Å². The molecule has 0 aromatic carbocycles. The Morgan fingerprint density at radius 1 is 1.04 bits per heavy atom. The molecule has 0 N–H and O–H groups in total. The summed E-state index contributed by atoms with van der Waals surface area (Å²) in [6.45, 7) is 10.9. The fourth-order valence-electron chi connectivity index (χ4n) is 5.71. The van der Waals surface area contributed by atoms with Crippen LogP contribution in [-0.2, 0) is 4.79 Å². The molecule has 0 spiro atoms. The van der Waals surface area contributed by atoms with Crippen molar-refractivity contribution in [2.75, 3.05) is 13.1 Å². The van der Waals surface area contributed by atoms with Gasteiger partial charge in [-0.15, -0.1) is 0 Å². The second-order valence-electron chi connectivity index (χ2n) is 9.24. The second-order valence-corrected chi connectivity index (χ2v) is 9.24. The van der Waals surface area contributed by atoms with Crippen LogP contribution in [0, 0.1) is 11.8 Å². The van der Waals surface area contributed by atoms with E-state index < -0.39 is 0 Å². The predicted molar refractivity (Wildman–Crippen MR) is 114 cm³/mol. The number of rotatable bonds is 6. The Hall–Kier alpha value is -1.09. The Morgan fingerprint density at radius 3 is 2.37 bits per heavy atom. The highest BCUT2D eigenvalue weighted by Gasteiger charge is 2.46. The minimum Gasteiger partial charge on any atom is -0.338 e. The van der Waals surface area contributed by atoms with Crippen LogP contribution < -0.4 is 0 Å². The zero-order valence-corrected chi connectivity index (χ0v) is 18.0. The van der Waals surface area contributed by atoms with Crippen LogP contribution in [0.4, 0.5) is 0 Å². The lowest BCUT2D eigenvalue weighted by molar-refractivity contribution is -0.132. The van der Waals surface area contributed by atoms with Crippen LogP contribution in [0.5, 0.6) is 0 Å². The molecule has 0 aromatic rings. The molecule has 2 unspecified atom stereocenters. The molecule has 3 nitrogen and oxygen atoms in total. The van der Waals surface area contributed by atoms with E-state index in [4.69, 9.17) is 0 Å². The maximum Gasteiger partial charge on any atom is 0.223 e. The highest BCUT2D eigenvalue weighted by atomic mass is 16.2. The molecular weight excluding hydrogens is 332 g/mol. The highest BCUT2D eigenvalue weighted by Crippen LogP contribution is 2.39. The molecule has 2 heterocycles. The number of fused-ring (bicyclic) bond motifs is 1. The quantitative estimate of drug-likeness (QED) is 0.600. The molecule has 0 radical (unpaired) electrons. The van der Waals surface area contributed by atoms with Crippen molar-refractivity contribution in [3.63, 3.8) is 0 Å². The van der Waals surface area contributed by atoms with E-state index in [1.165, 1.54) is 45.1 Å². The number of hydrogen-bond donors (Lipinski definition) is 0. The Balaban J connectivity index is 1.54. The lowest BCUT2D eigenvalue weighted by Gasteiger charge is -2.38. The summed E-state index contributed by atoms with van der Waals surface area (Å²) in [5.41, 5.74) is 1.54. The number of allylic oxidation sites excluding steroid dienone is 4. The van der Waals surface area contributed by atoms with Crippen molar-refractivity contribution in [2.45, 2.75) is 97.2 Å². The van der Waals surface area contributed by atoms with Crippen LogP contribution >= 0.6 is 0 Å².